The molecular weight excluding hydrogens is 518 g/mol. The summed E-state index contributed by atoms with van der Waals surface area (Å²) in [5.41, 5.74) is 2.17. The molecule has 1 aliphatic heterocycles. The molecular formula is C34H39NO6. The highest BCUT2D eigenvalue weighted by Gasteiger charge is 2.46. The van der Waals surface area contributed by atoms with Crippen molar-refractivity contribution in [1.29, 1.82) is 0 Å². The number of hydrogen-bond donors (Lipinski definition) is 1. The number of methoxy groups -OCH3 is 1. The average Bonchev–Trinajstić information content (AvgIpc) is 3.24. The molecule has 1 N–H and O–H groups in total. The number of aliphatic hydroxyl groups excluding tert-OH is 1. The van der Waals surface area contributed by atoms with Crippen molar-refractivity contribution in [2.45, 2.75) is 46.1 Å². The van der Waals surface area contributed by atoms with Gasteiger partial charge in [-0.25, -0.2) is 0 Å². The molecule has 1 heterocycles. The topological polar surface area (TPSA) is 85.3 Å². The maximum Gasteiger partial charge on any atom is 0.295 e. The highest BCUT2D eigenvalue weighted by molar-refractivity contribution is 6.46. The van der Waals surface area contributed by atoms with Gasteiger partial charge in [-0.05, 0) is 72.7 Å². The standard InChI is InChI=1S/C34H39NO6/c1-5-20-40-27-14-11-25(12-15-27)32(36)30-31(26-13-16-28(29(22-26)39-4)41-21-18-23(2)3)35(34(38)33(30)37)19-17-24-9-7-6-8-10-24/h6-16,22-23,31,36H,5,17-21H2,1-4H3. The minimum Gasteiger partial charge on any atom is -0.507 e. The molecule has 0 aromatic heterocycles. The van der Waals surface area contributed by atoms with E-state index in [1.165, 1.54) is 4.90 Å². The Morgan fingerprint density at radius 3 is 2.32 bits per heavy atom. The molecule has 1 amide bonds. The maximum absolute atomic E-state index is 13.5. The van der Waals surface area contributed by atoms with Crippen LogP contribution in [0.3, 0.4) is 0 Å². The number of ketones is 1. The molecule has 0 saturated carbocycles. The van der Waals surface area contributed by atoms with Gasteiger partial charge in [-0.2, -0.15) is 0 Å². The second-order valence-corrected chi connectivity index (χ2v) is 10.5. The zero-order chi connectivity index (χ0) is 29.4. The Bertz CT molecular complexity index is 1360. The van der Waals surface area contributed by atoms with E-state index in [0.717, 1.165) is 18.4 Å². The first-order valence-electron chi connectivity index (χ1n) is 14.2. The second kappa shape index (κ2) is 13.9. The summed E-state index contributed by atoms with van der Waals surface area (Å²) >= 11 is 0. The van der Waals surface area contributed by atoms with Gasteiger partial charge in [0.15, 0.2) is 11.5 Å². The van der Waals surface area contributed by atoms with Crippen molar-refractivity contribution in [3.8, 4) is 17.2 Å². The predicted molar refractivity (Wildman–Crippen MR) is 159 cm³/mol. The number of likely N-dealkylation sites (tertiary alicyclic amines) is 1. The molecule has 216 valence electrons. The van der Waals surface area contributed by atoms with Gasteiger partial charge in [0.1, 0.15) is 11.5 Å². The summed E-state index contributed by atoms with van der Waals surface area (Å²) in [6, 6.07) is 21.3. The fourth-order valence-electron chi connectivity index (χ4n) is 4.81. The van der Waals surface area contributed by atoms with Crippen molar-refractivity contribution >= 4 is 17.4 Å². The third-order valence-corrected chi connectivity index (χ3v) is 7.08. The number of hydrogen-bond acceptors (Lipinski definition) is 6. The smallest absolute Gasteiger partial charge is 0.295 e. The molecule has 1 aliphatic rings. The van der Waals surface area contributed by atoms with Crippen LogP contribution in [0.1, 0.15) is 56.3 Å². The molecule has 1 fully saturated rings. The maximum atomic E-state index is 13.5. The number of aliphatic hydroxyl groups is 1. The molecule has 1 saturated heterocycles. The molecule has 0 spiro atoms. The number of carbonyl (C=O) groups is 2. The molecule has 41 heavy (non-hydrogen) atoms. The molecule has 7 heteroatoms. The van der Waals surface area contributed by atoms with Crippen LogP contribution in [-0.4, -0.2) is 48.6 Å². The third kappa shape index (κ3) is 7.09. The lowest BCUT2D eigenvalue weighted by Crippen LogP contribution is -2.31. The van der Waals surface area contributed by atoms with Crippen LogP contribution in [0.25, 0.3) is 5.76 Å². The van der Waals surface area contributed by atoms with E-state index in [-0.39, 0.29) is 11.3 Å². The molecule has 3 aromatic carbocycles. The van der Waals surface area contributed by atoms with E-state index < -0.39 is 17.7 Å². The van der Waals surface area contributed by atoms with Crippen LogP contribution in [0.4, 0.5) is 0 Å². The number of Topliss-reactive ketones (excluding diaryl/α,β-unsaturated/α-hetero) is 1. The minimum atomic E-state index is -0.798. The molecule has 1 atom stereocenters. The van der Waals surface area contributed by atoms with Gasteiger partial charge in [0.2, 0.25) is 0 Å². The van der Waals surface area contributed by atoms with Crippen molar-refractivity contribution in [2.24, 2.45) is 5.92 Å². The van der Waals surface area contributed by atoms with Crippen molar-refractivity contribution in [3.63, 3.8) is 0 Å². The van der Waals surface area contributed by atoms with Crippen LogP contribution in [0.15, 0.2) is 78.4 Å². The van der Waals surface area contributed by atoms with E-state index >= 15 is 0 Å². The minimum absolute atomic E-state index is 0.0424. The Morgan fingerprint density at radius 1 is 0.927 bits per heavy atom. The number of rotatable bonds is 13. The summed E-state index contributed by atoms with van der Waals surface area (Å²) in [6.07, 6.45) is 2.33. The van der Waals surface area contributed by atoms with E-state index in [9.17, 15) is 14.7 Å². The van der Waals surface area contributed by atoms with Gasteiger partial charge in [0.25, 0.3) is 11.7 Å². The Labute approximate surface area is 242 Å². The highest BCUT2D eigenvalue weighted by atomic mass is 16.5. The van der Waals surface area contributed by atoms with Crippen LogP contribution < -0.4 is 14.2 Å². The Balaban J connectivity index is 1.74. The first-order valence-corrected chi connectivity index (χ1v) is 14.2. The van der Waals surface area contributed by atoms with Crippen LogP contribution in [-0.2, 0) is 16.0 Å². The zero-order valence-electron chi connectivity index (χ0n) is 24.3. The normalized spacial score (nSPS) is 16.3. The number of carbonyl (C=O) groups excluding carboxylic acids is 2. The summed E-state index contributed by atoms with van der Waals surface area (Å²) in [4.78, 5) is 28.4. The Morgan fingerprint density at radius 2 is 1.66 bits per heavy atom. The molecule has 4 rings (SSSR count). The number of amides is 1. The van der Waals surface area contributed by atoms with Crippen molar-refractivity contribution in [2.75, 3.05) is 26.9 Å². The molecule has 0 aliphatic carbocycles. The average molecular weight is 558 g/mol. The lowest BCUT2D eigenvalue weighted by atomic mass is 9.94. The monoisotopic (exact) mass is 557 g/mol. The van der Waals surface area contributed by atoms with Gasteiger partial charge < -0.3 is 24.2 Å². The van der Waals surface area contributed by atoms with Gasteiger partial charge in [0, 0.05) is 12.1 Å². The van der Waals surface area contributed by atoms with Crippen molar-refractivity contribution < 1.29 is 28.9 Å². The Hall–Kier alpha value is -4.26. The predicted octanol–water partition coefficient (Wildman–Crippen LogP) is 6.57. The van der Waals surface area contributed by atoms with Crippen molar-refractivity contribution in [3.05, 3.63) is 95.1 Å². The van der Waals surface area contributed by atoms with E-state index in [0.29, 0.717) is 60.5 Å². The quantitative estimate of drug-likeness (QED) is 0.145. The summed E-state index contributed by atoms with van der Waals surface area (Å²) < 4.78 is 17.3. The van der Waals surface area contributed by atoms with Gasteiger partial charge >= 0.3 is 0 Å². The SMILES string of the molecule is CCCOc1ccc(C(O)=C2C(=O)C(=O)N(CCc3ccccc3)C2c2ccc(OCCC(C)C)c(OC)c2)cc1. The van der Waals surface area contributed by atoms with Crippen molar-refractivity contribution in [1.82, 2.24) is 4.90 Å². The number of benzene rings is 3. The first-order chi connectivity index (χ1) is 19.8. The molecule has 7 nitrogen and oxygen atoms in total. The lowest BCUT2D eigenvalue weighted by molar-refractivity contribution is -0.139. The van der Waals surface area contributed by atoms with Gasteiger partial charge in [-0.3, -0.25) is 9.59 Å². The number of ether oxygens (including phenoxy) is 3. The zero-order valence-corrected chi connectivity index (χ0v) is 24.3. The molecule has 3 aromatic rings. The number of nitrogens with zero attached hydrogens (tertiary/aromatic N) is 1. The fraction of sp³-hybridized carbons (Fsp3) is 0.353. The highest BCUT2D eigenvalue weighted by Crippen LogP contribution is 2.42. The fourth-order valence-corrected chi connectivity index (χ4v) is 4.81. The van der Waals surface area contributed by atoms with Crippen LogP contribution >= 0.6 is 0 Å². The van der Waals surface area contributed by atoms with Crippen LogP contribution in [0.2, 0.25) is 0 Å². The third-order valence-electron chi connectivity index (χ3n) is 7.08. The van der Waals surface area contributed by atoms with Gasteiger partial charge in [-0.1, -0.05) is 57.2 Å². The Kier molecular flexibility index (Phi) is 10.1. The largest absolute Gasteiger partial charge is 0.507 e. The van der Waals surface area contributed by atoms with E-state index in [4.69, 9.17) is 14.2 Å². The van der Waals surface area contributed by atoms with E-state index in [2.05, 4.69) is 13.8 Å². The summed E-state index contributed by atoms with van der Waals surface area (Å²) in [7, 11) is 1.56. The molecule has 0 bridgehead atoms. The summed E-state index contributed by atoms with van der Waals surface area (Å²) in [6.45, 7) is 7.71. The second-order valence-electron chi connectivity index (χ2n) is 10.5. The summed E-state index contributed by atoms with van der Waals surface area (Å²) in [5.74, 6) is 0.652. The van der Waals surface area contributed by atoms with Crippen LogP contribution in [0.5, 0.6) is 17.2 Å². The van der Waals surface area contributed by atoms with Crippen LogP contribution in [0, 0.1) is 5.92 Å². The first kappa shape index (κ1) is 29.7. The molecule has 1 unspecified atom stereocenters. The van der Waals surface area contributed by atoms with Gasteiger partial charge in [0.05, 0.1) is 31.9 Å². The van der Waals surface area contributed by atoms with E-state index in [1.807, 2.05) is 43.3 Å². The lowest BCUT2D eigenvalue weighted by Gasteiger charge is -2.26. The van der Waals surface area contributed by atoms with E-state index in [1.54, 1.807) is 43.5 Å². The summed E-state index contributed by atoms with van der Waals surface area (Å²) in [5, 5.41) is 11.4. The van der Waals surface area contributed by atoms with Gasteiger partial charge in [-0.15, -0.1) is 0 Å². The molecule has 0 radical (unpaired) electrons.